The van der Waals surface area contributed by atoms with E-state index in [9.17, 15) is 9.18 Å². The molecule has 4 atom stereocenters. The van der Waals surface area contributed by atoms with Crippen LogP contribution in [0.3, 0.4) is 0 Å². The molecule has 3 fully saturated rings. The van der Waals surface area contributed by atoms with Gasteiger partial charge in [0, 0.05) is 56.7 Å². The first-order chi connectivity index (χ1) is 17.1. The molecule has 3 aliphatic heterocycles. The maximum absolute atomic E-state index is 13.2. The second kappa shape index (κ2) is 9.39. The van der Waals surface area contributed by atoms with Gasteiger partial charge in [0.2, 0.25) is 11.9 Å². The van der Waals surface area contributed by atoms with Gasteiger partial charge in [-0.1, -0.05) is 12.8 Å². The Morgan fingerprint density at radius 1 is 1.09 bits per heavy atom. The van der Waals surface area contributed by atoms with Gasteiger partial charge < -0.3 is 9.80 Å². The van der Waals surface area contributed by atoms with E-state index in [1.54, 1.807) is 12.1 Å². The molecule has 1 aliphatic carbocycles. The zero-order valence-corrected chi connectivity index (χ0v) is 20.4. The largest absolute Gasteiger partial charge is 0.368 e. The maximum Gasteiger partial charge on any atom is 0.243 e. The second-order valence-corrected chi connectivity index (χ2v) is 10.3. The third-order valence-corrected chi connectivity index (χ3v) is 8.13. The summed E-state index contributed by atoms with van der Waals surface area (Å²) in [5, 5.41) is 15.0. The molecule has 1 amide bonds. The first-order valence-corrected chi connectivity index (χ1v) is 13.1. The lowest BCUT2D eigenvalue weighted by Crippen LogP contribution is -2.53. The van der Waals surface area contributed by atoms with Crippen LogP contribution in [0.4, 0.5) is 16.0 Å². The molecule has 2 N–H and O–H groups in total. The number of halogens is 1. The van der Waals surface area contributed by atoms with Crippen LogP contribution in [0.25, 0.3) is 0 Å². The molecule has 2 saturated heterocycles. The highest BCUT2D eigenvalue weighted by molar-refractivity contribution is 5.76. The molecule has 9 nitrogen and oxygen atoms in total. The molecule has 4 unspecified atom stereocenters. The van der Waals surface area contributed by atoms with Gasteiger partial charge in [-0.05, 0) is 50.5 Å². The smallest absolute Gasteiger partial charge is 0.243 e. The van der Waals surface area contributed by atoms with Crippen LogP contribution in [0.1, 0.15) is 57.3 Å². The maximum atomic E-state index is 13.2. The molecular weight excluding hydrogens is 447 g/mol. The fourth-order valence-electron chi connectivity index (χ4n) is 6.39. The summed E-state index contributed by atoms with van der Waals surface area (Å²) >= 11 is 0. The highest BCUT2D eigenvalue weighted by Gasteiger charge is 2.47. The van der Waals surface area contributed by atoms with E-state index in [1.165, 1.54) is 37.8 Å². The summed E-state index contributed by atoms with van der Waals surface area (Å²) in [7, 11) is 0. The Kier molecular flexibility index (Phi) is 6.09. The number of nitrogens with zero attached hydrogens (tertiary/aromatic N) is 6. The van der Waals surface area contributed by atoms with Gasteiger partial charge in [0.1, 0.15) is 17.8 Å². The number of carbonyl (C=O) groups is 1. The molecule has 188 valence electrons. The second-order valence-electron chi connectivity index (χ2n) is 10.3. The molecule has 0 radical (unpaired) electrons. The number of hydrazine groups is 1. The van der Waals surface area contributed by atoms with Crippen molar-refractivity contribution >= 4 is 17.5 Å². The van der Waals surface area contributed by atoms with Crippen LogP contribution in [0.15, 0.2) is 24.3 Å². The quantitative estimate of drug-likeness (QED) is 0.677. The number of amides is 1. The molecule has 0 bridgehead atoms. The normalized spacial score (nSPS) is 28.0. The van der Waals surface area contributed by atoms with Crippen molar-refractivity contribution in [3.8, 4) is 0 Å². The molecule has 1 aromatic heterocycles. The van der Waals surface area contributed by atoms with E-state index in [1.807, 2.05) is 4.90 Å². The number of anilines is 2. The van der Waals surface area contributed by atoms with Crippen LogP contribution in [-0.4, -0.2) is 64.1 Å². The third kappa shape index (κ3) is 4.27. The Hall–Kier alpha value is -2.72. The highest BCUT2D eigenvalue weighted by atomic mass is 19.1. The van der Waals surface area contributed by atoms with E-state index in [0.29, 0.717) is 31.5 Å². The van der Waals surface area contributed by atoms with Crippen molar-refractivity contribution in [3.05, 3.63) is 35.9 Å². The topological polar surface area (TPSA) is 81.6 Å². The van der Waals surface area contributed by atoms with Crippen LogP contribution >= 0.6 is 0 Å². The van der Waals surface area contributed by atoms with E-state index < -0.39 is 0 Å². The average molecular weight is 483 g/mol. The van der Waals surface area contributed by atoms with E-state index in [0.717, 1.165) is 43.4 Å². The minimum Gasteiger partial charge on any atom is -0.368 e. The molecule has 35 heavy (non-hydrogen) atoms. The van der Waals surface area contributed by atoms with E-state index >= 15 is 0 Å². The fourth-order valence-corrected chi connectivity index (χ4v) is 6.39. The number of aromatic nitrogens is 3. The molecule has 1 saturated carbocycles. The van der Waals surface area contributed by atoms with Gasteiger partial charge in [0.25, 0.3) is 0 Å². The number of fused-ring (bicyclic) bond motifs is 6. The Balaban J connectivity index is 1.06. The Bertz CT molecular complexity index is 1050. The van der Waals surface area contributed by atoms with Gasteiger partial charge in [-0.2, -0.15) is 0 Å². The van der Waals surface area contributed by atoms with E-state index in [-0.39, 0.29) is 24.1 Å². The highest BCUT2D eigenvalue weighted by Crippen LogP contribution is 2.44. The Labute approximate surface area is 205 Å². The van der Waals surface area contributed by atoms with E-state index in [2.05, 4.69) is 42.3 Å². The van der Waals surface area contributed by atoms with Crippen molar-refractivity contribution in [3.63, 3.8) is 0 Å². The number of carbonyl (C=O) groups excluding carboxylic acids is 1. The lowest BCUT2D eigenvalue weighted by Gasteiger charge is -2.44. The van der Waals surface area contributed by atoms with Crippen LogP contribution in [0.5, 0.6) is 0 Å². The molecule has 4 aliphatic rings. The van der Waals surface area contributed by atoms with Crippen molar-refractivity contribution in [2.75, 3.05) is 36.1 Å². The fraction of sp³-hybridized carbons (Fsp3) is 0.640. The summed E-state index contributed by atoms with van der Waals surface area (Å²) in [6, 6.07) is 7.02. The average Bonchev–Trinajstić information content (AvgIpc) is 3.48. The standard InChI is InChI=1S/C25H35FN8O/c1-17-27-24-20-5-2-3-6-21(20)33-22(28-29-25(33)34(24)30-17)7-4-8-23(35)32-15-13-31(14-16-32)19-11-9-18(26)10-12-19/h9-12,17,20-21,24,27,30H,2-8,13-16H2,1H3. The van der Waals surface area contributed by atoms with Gasteiger partial charge in [0.15, 0.2) is 0 Å². The van der Waals surface area contributed by atoms with Crippen molar-refractivity contribution in [2.24, 2.45) is 5.92 Å². The number of hydrogen-bond acceptors (Lipinski definition) is 7. The first kappa shape index (κ1) is 22.7. The number of hydrogen-bond donors (Lipinski definition) is 2. The lowest BCUT2D eigenvalue weighted by atomic mass is 9.81. The zero-order valence-electron chi connectivity index (χ0n) is 20.4. The summed E-state index contributed by atoms with van der Waals surface area (Å²) in [6.45, 7) is 5.09. The van der Waals surface area contributed by atoms with Crippen LogP contribution in [0, 0.1) is 11.7 Å². The Morgan fingerprint density at radius 3 is 2.66 bits per heavy atom. The zero-order chi connectivity index (χ0) is 23.9. The summed E-state index contributed by atoms with van der Waals surface area (Å²) in [4.78, 5) is 17.1. The van der Waals surface area contributed by atoms with Crippen LogP contribution in [0.2, 0.25) is 0 Å². The number of aryl methyl sites for hydroxylation is 1. The number of benzene rings is 1. The van der Waals surface area contributed by atoms with E-state index in [4.69, 9.17) is 0 Å². The van der Waals surface area contributed by atoms with Crippen molar-refractivity contribution in [2.45, 2.75) is 70.2 Å². The van der Waals surface area contributed by atoms with Crippen molar-refractivity contribution < 1.29 is 9.18 Å². The molecule has 2 aromatic rings. The predicted molar refractivity (Wildman–Crippen MR) is 131 cm³/mol. The molecule has 0 spiro atoms. The number of piperazine rings is 1. The SMILES string of the molecule is CC1NC2C3CCCCC3n3c(CCCC(=O)N4CCN(c5ccc(F)cc5)CC4)nnc3N2N1. The molecule has 1 aromatic carbocycles. The van der Waals surface area contributed by atoms with Crippen LogP contribution < -0.4 is 20.7 Å². The molecule has 6 rings (SSSR count). The minimum absolute atomic E-state index is 0.206. The van der Waals surface area contributed by atoms with Crippen molar-refractivity contribution in [1.29, 1.82) is 0 Å². The van der Waals surface area contributed by atoms with Crippen LogP contribution in [-0.2, 0) is 11.2 Å². The molecule has 10 heteroatoms. The third-order valence-electron chi connectivity index (χ3n) is 8.13. The van der Waals surface area contributed by atoms with Gasteiger partial charge in [-0.25, -0.2) is 9.82 Å². The molecule has 4 heterocycles. The minimum atomic E-state index is -0.224. The first-order valence-electron chi connectivity index (χ1n) is 13.1. The van der Waals surface area contributed by atoms with Gasteiger partial charge >= 0.3 is 0 Å². The molecular formula is C25H35FN8O. The van der Waals surface area contributed by atoms with Crippen molar-refractivity contribution in [1.82, 2.24) is 30.4 Å². The Morgan fingerprint density at radius 2 is 1.86 bits per heavy atom. The van der Waals surface area contributed by atoms with Gasteiger partial charge in [0.05, 0.1) is 6.17 Å². The number of nitrogens with one attached hydrogen (secondary N) is 2. The summed E-state index contributed by atoms with van der Waals surface area (Å²) in [6.07, 6.45) is 7.46. The van der Waals surface area contributed by atoms with Gasteiger partial charge in [-0.3, -0.25) is 19.7 Å². The monoisotopic (exact) mass is 482 g/mol. The number of rotatable bonds is 5. The predicted octanol–water partition coefficient (Wildman–Crippen LogP) is 2.42. The summed E-state index contributed by atoms with van der Waals surface area (Å²) in [5.41, 5.74) is 4.52. The lowest BCUT2D eigenvalue weighted by molar-refractivity contribution is -0.131. The summed E-state index contributed by atoms with van der Waals surface area (Å²) in [5.74, 6) is 2.44. The summed E-state index contributed by atoms with van der Waals surface area (Å²) < 4.78 is 15.6. The van der Waals surface area contributed by atoms with Gasteiger partial charge in [-0.15, -0.1) is 10.2 Å².